The van der Waals surface area contributed by atoms with Crippen LogP contribution in [0.5, 0.6) is 0 Å². The molecule has 6 nitrogen and oxygen atoms in total. The summed E-state index contributed by atoms with van der Waals surface area (Å²) in [4.78, 5) is 18.4. The molecule has 2 aromatic rings. The van der Waals surface area contributed by atoms with Crippen molar-refractivity contribution in [2.75, 3.05) is 19.8 Å². The molecule has 0 unspecified atom stereocenters. The van der Waals surface area contributed by atoms with E-state index in [1.807, 2.05) is 0 Å². The summed E-state index contributed by atoms with van der Waals surface area (Å²) < 4.78 is 11.0. The number of ether oxygens (including phenoxy) is 1. The largest absolute Gasteiger partial charge is 0.377 e. The lowest BCUT2D eigenvalue weighted by Gasteiger charge is -2.33. The first kappa shape index (κ1) is 14.5. The lowest BCUT2D eigenvalue weighted by molar-refractivity contribution is -0.00576. The highest BCUT2D eigenvalue weighted by molar-refractivity contribution is 9.10. The Kier molecular flexibility index (Phi) is 4.23. The number of aromatic nitrogens is 2. The molecule has 1 saturated heterocycles. The Morgan fingerprint density at radius 1 is 1.48 bits per heavy atom. The molecule has 0 aliphatic carbocycles. The molecular weight excluding hydrogens is 362 g/mol. The molecule has 1 aromatic carbocycles. The number of hydrogen-bond acceptors (Lipinski definition) is 5. The predicted molar refractivity (Wildman–Crippen MR) is 78.0 cm³/mol. The molecule has 0 bridgehead atoms. The fraction of sp³-hybridized carbons (Fsp3) is 0.308. The van der Waals surface area contributed by atoms with Crippen molar-refractivity contribution in [3.63, 3.8) is 0 Å². The first-order chi connectivity index (χ1) is 10.2. The van der Waals surface area contributed by atoms with Gasteiger partial charge in [-0.3, -0.25) is 4.79 Å². The van der Waals surface area contributed by atoms with E-state index in [-0.39, 0.29) is 11.9 Å². The molecule has 1 aromatic heterocycles. The molecule has 2 heterocycles. The Morgan fingerprint density at radius 3 is 3.05 bits per heavy atom. The van der Waals surface area contributed by atoms with Gasteiger partial charge in [0.15, 0.2) is 5.82 Å². The number of carbonyl (C=O) groups is 1. The van der Waals surface area contributed by atoms with Gasteiger partial charge in [-0.25, -0.2) is 0 Å². The predicted octanol–water partition coefficient (Wildman–Crippen LogP) is 2.70. The van der Waals surface area contributed by atoms with Crippen LogP contribution >= 0.6 is 27.5 Å². The maximum Gasteiger partial charge on any atom is 0.256 e. The second kappa shape index (κ2) is 6.13. The van der Waals surface area contributed by atoms with Gasteiger partial charge in [0.1, 0.15) is 6.04 Å². The van der Waals surface area contributed by atoms with E-state index in [1.165, 1.54) is 6.39 Å². The Hall–Kier alpha value is -1.44. The highest BCUT2D eigenvalue weighted by Crippen LogP contribution is 2.27. The summed E-state index contributed by atoms with van der Waals surface area (Å²) in [6.45, 7) is 1.25. The maximum absolute atomic E-state index is 12.7. The minimum absolute atomic E-state index is 0.175. The number of benzene rings is 1. The minimum atomic E-state index is -0.371. The zero-order chi connectivity index (χ0) is 14.8. The Morgan fingerprint density at radius 2 is 2.33 bits per heavy atom. The minimum Gasteiger partial charge on any atom is -0.377 e. The summed E-state index contributed by atoms with van der Waals surface area (Å²) in [5.41, 5.74) is 0.440. The highest BCUT2D eigenvalue weighted by atomic mass is 79.9. The third-order valence-corrected chi connectivity index (χ3v) is 4.03. The first-order valence-electron chi connectivity index (χ1n) is 6.27. The van der Waals surface area contributed by atoms with Crippen LogP contribution in [0.2, 0.25) is 5.02 Å². The summed E-state index contributed by atoms with van der Waals surface area (Å²) in [7, 11) is 0. The summed E-state index contributed by atoms with van der Waals surface area (Å²) in [6, 6.07) is 4.80. The van der Waals surface area contributed by atoms with Gasteiger partial charge in [0.25, 0.3) is 5.91 Å². The van der Waals surface area contributed by atoms with Crippen molar-refractivity contribution in [2.24, 2.45) is 0 Å². The van der Waals surface area contributed by atoms with E-state index in [0.717, 1.165) is 4.47 Å². The lowest BCUT2D eigenvalue weighted by Crippen LogP contribution is -2.44. The van der Waals surface area contributed by atoms with Crippen LogP contribution in [0.15, 0.2) is 33.6 Å². The molecule has 0 saturated carbocycles. The summed E-state index contributed by atoms with van der Waals surface area (Å²) in [5.74, 6) is 0.252. The zero-order valence-corrected chi connectivity index (χ0v) is 13.2. The monoisotopic (exact) mass is 371 g/mol. The van der Waals surface area contributed by atoms with Crippen LogP contribution in [-0.4, -0.2) is 40.7 Å². The van der Waals surface area contributed by atoms with E-state index < -0.39 is 0 Å². The fourth-order valence-corrected chi connectivity index (χ4v) is 2.96. The summed E-state index contributed by atoms with van der Waals surface area (Å²) >= 11 is 9.48. The fourth-order valence-electron chi connectivity index (χ4n) is 2.20. The van der Waals surface area contributed by atoms with Crippen LogP contribution in [0.25, 0.3) is 0 Å². The molecule has 0 radical (unpaired) electrons. The van der Waals surface area contributed by atoms with Crippen molar-refractivity contribution in [2.45, 2.75) is 6.04 Å². The van der Waals surface area contributed by atoms with E-state index >= 15 is 0 Å². The molecular formula is C13H11BrClN3O3. The van der Waals surface area contributed by atoms with Crippen LogP contribution in [0, 0.1) is 0 Å². The molecule has 0 N–H and O–H groups in total. The second-order valence-electron chi connectivity index (χ2n) is 4.50. The third-order valence-electron chi connectivity index (χ3n) is 3.23. The smallest absolute Gasteiger partial charge is 0.256 e. The quantitative estimate of drug-likeness (QED) is 0.811. The van der Waals surface area contributed by atoms with Gasteiger partial charge in [-0.1, -0.05) is 32.7 Å². The van der Waals surface area contributed by atoms with Gasteiger partial charge >= 0.3 is 0 Å². The third kappa shape index (κ3) is 2.95. The number of morpholine rings is 1. The van der Waals surface area contributed by atoms with E-state index in [0.29, 0.717) is 36.2 Å². The van der Waals surface area contributed by atoms with Crippen molar-refractivity contribution in [3.8, 4) is 0 Å². The molecule has 3 rings (SSSR count). The van der Waals surface area contributed by atoms with Crippen LogP contribution < -0.4 is 0 Å². The average Bonchev–Trinajstić information content (AvgIpc) is 3.01. The van der Waals surface area contributed by atoms with Crippen molar-refractivity contribution in [3.05, 3.63) is 45.5 Å². The molecule has 8 heteroatoms. The van der Waals surface area contributed by atoms with Crippen LogP contribution in [-0.2, 0) is 4.74 Å². The van der Waals surface area contributed by atoms with Crippen molar-refractivity contribution >= 4 is 33.4 Å². The second-order valence-corrected chi connectivity index (χ2v) is 5.83. The van der Waals surface area contributed by atoms with Crippen LogP contribution in [0.3, 0.4) is 0 Å². The van der Waals surface area contributed by atoms with Gasteiger partial charge < -0.3 is 14.2 Å². The average molecular weight is 373 g/mol. The zero-order valence-electron chi connectivity index (χ0n) is 10.8. The van der Waals surface area contributed by atoms with Crippen LogP contribution in [0.4, 0.5) is 0 Å². The number of halogens is 2. The molecule has 0 spiro atoms. The van der Waals surface area contributed by atoms with Crippen LogP contribution in [0.1, 0.15) is 22.2 Å². The molecule has 1 aliphatic heterocycles. The normalized spacial score (nSPS) is 18.8. The van der Waals surface area contributed by atoms with E-state index in [4.69, 9.17) is 20.9 Å². The standard InChI is InChI=1S/C13H11BrClN3O3/c14-8-1-2-9(10(15)5-8)13(19)18-3-4-20-6-11(18)12-16-7-21-17-12/h1-2,5,7,11H,3-4,6H2/t11-/m0/s1. The van der Waals surface area contributed by atoms with E-state index in [2.05, 4.69) is 26.1 Å². The SMILES string of the molecule is O=C(c1ccc(Br)cc1Cl)N1CCOC[C@H]1c1ncon1. The Bertz CT molecular complexity index is 650. The number of hydrogen-bond donors (Lipinski definition) is 0. The van der Waals surface area contributed by atoms with Gasteiger partial charge in [0.2, 0.25) is 6.39 Å². The molecule has 1 amide bonds. The number of nitrogens with zero attached hydrogens (tertiary/aromatic N) is 3. The number of rotatable bonds is 2. The number of carbonyl (C=O) groups excluding carboxylic acids is 1. The maximum atomic E-state index is 12.7. The Balaban J connectivity index is 1.91. The highest BCUT2D eigenvalue weighted by Gasteiger charge is 2.32. The summed E-state index contributed by atoms with van der Waals surface area (Å²) in [5, 5.41) is 4.20. The molecule has 1 fully saturated rings. The molecule has 110 valence electrons. The van der Waals surface area contributed by atoms with Gasteiger partial charge in [0.05, 0.1) is 23.8 Å². The van der Waals surface area contributed by atoms with Gasteiger partial charge in [-0.15, -0.1) is 0 Å². The molecule has 21 heavy (non-hydrogen) atoms. The number of amides is 1. The summed E-state index contributed by atoms with van der Waals surface area (Å²) in [6.07, 6.45) is 1.24. The first-order valence-corrected chi connectivity index (χ1v) is 7.44. The van der Waals surface area contributed by atoms with Crippen molar-refractivity contribution < 1.29 is 14.1 Å². The van der Waals surface area contributed by atoms with Crippen molar-refractivity contribution in [1.82, 2.24) is 15.0 Å². The van der Waals surface area contributed by atoms with E-state index in [9.17, 15) is 4.79 Å². The molecule has 1 aliphatic rings. The van der Waals surface area contributed by atoms with Crippen molar-refractivity contribution in [1.29, 1.82) is 0 Å². The Labute approximate surface area is 134 Å². The lowest BCUT2D eigenvalue weighted by atomic mass is 10.1. The van der Waals surface area contributed by atoms with Gasteiger partial charge in [0, 0.05) is 11.0 Å². The van der Waals surface area contributed by atoms with E-state index in [1.54, 1.807) is 23.1 Å². The molecule has 1 atom stereocenters. The topological polar surface area (TPSA) is 68.5 Å². The van der Waals surface area contributed by atoms with Gasteiger partial charge in [-0.2, -0.15) is 4.98 Å². The van der Waals surface area contributed by atoms with Gasteiger partial charge in [-0.05, 0) is 18.2 Å².